The molecule has 2 rings (SSSR count). The van der Waals surface area contributed by atoms with Gasteiger partial charge < -0.3 is 4.43 Å². The molecule has 0 aromatic heterocycles. The Kier molecular flexibility index (Phi) is 5.44. The smallest absolute Gasteiger partial charge is 0.193 e. The zero-order valence-corrected chi connectivity index (χ0v) is 16.7. The molecule has 23 heavy (non-hydrogen) atoms. The Morgan fingerprint density at radius 3 is 2.30 bits per heavy atom. The molecule has 4 heteroatoms. The fraction of sp³-hybridized carbons (Fsp3) is 0.632. The standard InChI is InChI=1S/C19H29ClO2Si/c1-18(2,3)23(4,5)22-17(15-11-7-6-8-12-15)19(20)14-10-9-13-16(19)21/h6-8,11-12,17H,9-10,13-14H2,1-5H3/t17-,19?/m0/s1. The van der Waals surface area contributed by atoms with Gasteiger partial charge in [-0.1, -0.05) is 57.5 Å². The highest BCUT2D eigenvalue weighted by Gasteiger charge is 2.50. The van der Waals surface area contributed by atoms with Crippen LogP contribution in [0.4, 0.5) is 0 Å². The third-order valence-electron chi connectivity index (χ3n) is 5.39. The van der Waals surface area contributed by atoms with E-state index < -0.39 is 13.2 Å². The molecule has 1 saturated carbocycles. The third kappa shape index (κ3) is 3.89. The molecule has 1 fully saturated rings. The maximum absolute atomic E-state index is 12.7. The van der Waals surface area contributed by atoms with E-state index in [4.69, 9.17) is 16.0 Å². The third-order valence-corrected chi connectivity index (χ3v) is 10.4. The predicted molar refractivity (Wildman–Crippen MR) is 99.5 cm³/mol. The molecule has 1 aromatic rings. The number of carbonyl (C=O) groups is 1. The molecule has 1 aromatic carbocycles. The second kappa shape index (κ2) is 6.70. The van der Waals surface area contributed by atoms with Gasteiger partial charge in [-0.25, -0.2) is 0 Å². The maximum atomic E-state index is 12.7. The average Bonchev–Trinajstić information content (AvgIpc) is 2.48. The average molecular weight is 353 g/mol. The number of halogens is 1. The molecule has 0 aliphatic heterocycles. The Balaban J connectivity index is 2.43. The summed E-state index contributed by atoms with van der Waals surface area (Å²) in [6.45, 7) is 11.1. The minimum Gasteiger partial charge on any atom is -0.408 e. The summed E-state index contributed by atoms with van der Waals surface area (Å²) in [6, 6.07) is 10.0. The van der Waals surface area contributed by atoms with Gasteiger partial charge in [0, 0.05) is 6.42 Å². The first kappa shape index (κ1) is 18.7. The molecule has 0 heterocycles. The Hall–Kier alpha value is -0.643. The van der Waals surface area contributed by atoms with Crippen molar-refractivity contribution in [1.82, 2.24) is 0 Å². The molecule has 1 unspecified atom stereocenters. The molecule has 0 spiro atoms. The first-order chi connectivity index (χ1) is 10.6. The number of ketones is 1. The van der Waals surface area contributed by atoms with Crippen molar-refractivity contribution >= 4 is 25.7 Å². The summed E-state index contributed by atoms with van der Waals surface area (Å²) in [5, 5.41) is 0.0744. The molecule has 2 nitrogen and oxygen atoms in total. The lowest BCUT2D eigenvalue weighted by molar-refractivity contribution is -0.126. The van der Waals surface area contributed by atoms with Gasteiger partial charge >= 0.3 is 0 Å². The fourth-order valence-electron chi connectivity index (χ4n) is 2.82. The van der Waals surface area contributed by atoms with Crippen LogP contribution in [0, 0.1) is 0 Å². The lowest BCUT2D eigenvalue weighted by atomic mass is 9.81. The molecule has 0 radical (unpaired) electrons. The van der Waals surface area contributed by atoms with Crippen molar-refractivity contribution < 1.29 is 9.22 Å². The molecule has 0 amide bonds. The van der Waals surface area contributed by atoms with Crippen LogP contribution >= 0.6 is 11.6 Å². The van der Waals surface area contributed by atoms with E-state index >= 15 is 0 Å². The summed E-state index contributed by atoms with van der Waals surface area (Å²) in [4.78, 5) is 11.7. The van der Waals surface area contributed by atoms with Crippen LogP contribution in [0.25, 0.3) is 0 Å². The van der Waals surface area contributed by atoms with Crippen LogP contribution in [-0.4, -0.2) is 19.0 Å². The highest BCUT2D eigenvalue weighted by atomic mass is 35.5. The van der Waals surface area contributed by atoms with Gasteiger partial charge in [0.2, 0.25) is 0 Å². The second-order valence-electron chi connectivity index (χ2n) is 8.16. The van der Waals surface area contributed by atoms with Crippen LogP contribution in [0.15, 0.2) is 30.3 Å². The van der Waals surface area contributed by atoms with Crippen molar-refractivity contribution in [2.45, 2.75) is 75.6 Å². The van der Waals surface area contributed by atoms with E-state index in [2.05, 4.69) is 33.9 Å². The van der Waals surface area contributed by atoms with Crippen LogP contribution in [-0.2, 0) is 9.22 Å². The predicted octanol–water partition coefficient (Wildman–Crippen LogP) is 5.87. The molecule has 128 valence electrons. The molecule has 0 N–H and O–H groups in total. The van der Waals surface area contributed by atoms with Crippen molar-refractivity contribution in [1.29, 1.82) is 0 Å². The van der Waals surface area contributed by atoms with Crippen LogP contribution in [0.5, 0.6) is 0 Å². The lowest BCUT2D eigenvalue weighted by Crippen LogP contribution is -2.50. The monoisotopic (exact) mass is 352 g/mol. The summed E-state index contributed by atoms with van der Waals surface area (Å²) in [5.74, 6) is 0.137. The summed E-state index contributed by atoms with van der Waals surface area (Å²) in [6.07, 6.45) is 2.82. The fourth-order valence-corrected chi connectivity index (χ4v) is 4.57. The van der Waals surface area contributed by atoms with E-state index in [-0.39, 0.29) is 16.9 Å². The van der Waals surface area contributed by atoms with Gasteiger partial charge in [-0.05, 0) is 36.5 Å². The highest BCUT2D eigenvalue weighted by molar-refractivity contribution is 6.74. The largest absolute Gasteiger partial charge is 0.408 e. The van der Waals surface area contributed by atoms with E-state index in [9.17, 15) is 4.79 Å². The Morgan fingerprint density at radius 2 is 1.78 bits per heavy atom. The van der Waals surface area contributed by atoms with Gasteiger partial charge in [0.05, 0.1) is 6.10 Å². The van der Waals surface area contributed by atoms with Crippen LogP contribution < -0.4 is 0 Å². The van der Waals surface area contributed by atoms with E-state index in [1.807, 2.05) is 30.3 Å². The van der Waals surface area contributed by atoms with Gasteiger partial charge in [-0.2, -0.15) is 0 Å². The van der Waals surface area contributed by atoms with Gasteiger partial charge in [0.15, 0.2) is 14.1 Å². The van der Waals surface area contributed by atoms with E-state index in [1.54, 1.807) is 0 Å². The summed E-state index contributed by atoms with van der Waals surface area (Å²) < 4.78 is 6.69. The minimum atomic E-state index is -2.05. The maximum Gasteiger partial charge on any atom is 0.193 e. The first-order valence-corrected chi connectivity index (χ1v) is 11.8. The molecule has 1 aliphatic rings. The zero-order valence-electron chi connectivity index (χ0n) is 15.0. The lowest BCUT2D eigenvalue weighted by Gasteiger charge is -2.45. The van der Waals surface area contributed by atoms with Crippen molar-refractivity contribution in [2.24, 2.45) is 0 Å². The Morgan fingerprint density at radius 1 is 1.17 bits per heavy atom. The van der Waals surface area contributed by atoms with Crippen molar-refractivity contribution in [3.05, 3.63) is 35.9 Å². The van der Waals surface area contributed by atoms with E-state index in [0.29, 0.717) is 12.8 Å². The first-order valence-electron chi connectivity index (χ1n) is 8.53. The van der Waals surface area contributed by atoms with Crippen LogP contribution in [0.2, 0.25) is 18.1 Å². The SMILES string of the molecule is CC(C)(C)[Si](C)(C)O[C@@H](c1ccccc1)C1(Cl)CCCCC1=O. The number of hydrogen-bond donors (Lipinski definition) is 0. The van der Waals surface area contributed by atoms with E-state index in [1.165, 1.54) is 0 Å². The zero-order chi connectivity index (χ0) is 17.3. The molecular weight excluding hydrogens is 324 g/mol. The summed E-state index contributed by atoms with van der Waals surface area (Å²) in [5.41, 5.74) is 1.02. The normalized spacial score (nSPS) is 24.5. The number of alkyl halides is 1. The number of benzene rings is 1. The quantitative estimate of drug-likeness (QED) is 0.500. The van der Waals surface area contributed by atoms with E-state index in [0.717, 1.165) is 18.4 Å². The summed E-state index contributed by atoms with van der Waals surface area (Å²) >= 11 is 6.93. The second-order valence-corrected chi connectivity index (χ2v) is 13.6. The van der Waals surface area contributed by atoms with Gasteiger partial charge in [-0.3, -0.25) is 4.79 Å². The topological polar surface area (TPSA) is 26.3 Å². The minimum absolute atomic E-state index is 0.0744. The van der Waals surface area contributed by atoms with Gasteiger partial charge in [0.25, 0.3) is 0 Å². The highest BCUT2D eigenvalue weighted by Crippen LogP contribution is 2.48. The number of carbonyl (C=O) groups excluding carboxylic acids is 1. The van der Waals surface area contributed by atoms with Gasteiger partial charge in [0.1, 0.15) is 4.87 Å². The summed E-state index contributed by atoms with van der Waals surface area (Å²) in [7, 11) is -2.05. The van der Waals surface area contributed by atoms with Crippen LogP contribution in [0.1, 0.15) is 58.1 Å². The molecule has 0 bridgehead atoms. The number of hydrogen-bond acceptors (Lipinski definition) is 2. The molecule has 2 atom stereocenters. The van der Waals surface area contributed by atoms with Gasteiger partial charge in [-0.15, -0.1) is 11.6 Å². The Labute approximate surface area is 146 Å². The number of rotatable bonds is 4. The number of Topliss-reactive ketones (excluding diaryl/α,β-unsaturated/α-hetero) is 1. The van der Waals surface area contributed by atoms with Crippen molar-refractivity contribution in [3.63, 3.8) is 0 Å². The van der Waals surface area contributed by atoms with Crippen molar-refractivity contribution in [3.8, 4) is 0 Å². The van der Waals surface area contributed by atoms with Crippen LogP contribution in [0.3, 0.4) is 0 Å². The molecular formula is C19H29ClO2Si. The molecule has 1 aliphatic carbocycles. The Bertz CT molecular complexity index is 550. The molecule has 0 saturated heterocycles. The van der Waals surface area contributed by atoms with Crippen molar-refractivity contribution in [2.75, 3.05) is 0 Å².